The van der Waals surface area contributed by atoms with Crippen LogP contribution in [0.25, 0.3) is 11.3 Å². The Morgan fingerprint density at radius 1 is 0.935 bits per heavy atom. The predicted octanol–water partition coefficient (Wildman–Crippen LogP) is 6.49. The first kappa shape index (κ1) is 21.0. The summed E-state index contributed by atoms with van der Waals surface area (Å²) in [5, 5.41) is 1.92. The first-order chi connectivity index (χ1) is 15.2. The Kier molecular flexibility index (Phi) is 6.90. The number of hydrogen-bond donors (Lipinski definition) is 0. The Hall–Kier alpha value is -3.24. The summed E-state index contributed by atoms with van der Waals surface area (Å²) in [4.78, 5) is 17.8. The highest BCUT2D eigenvalue weighted by molar-refractivity contribution is 7.07. The Morgan fingerprint density at radius 2 is 1.65 bits per heavy atom. The van der Waals surface area contributed by atoms with E-state index in [1.165, 1.54) is 16.9 Å². The second-order valence-electron chi connectivity index (χ2n) is 7.53. The molecule has 3 nitrogen and oxygen atoms in total. The Balaban J connectivity index is 1.72. The molecule has 0 saturated carbocycles. The molecular weight excluding hydrogens is 402 g/mol. The summed E-state index contributed by atoms with van der Waals surface area (Å²) in [6.07, 6.45) is 1.90. The van der Waals surface area contributed by atoms with Crippen molar-refractivity contribution in [3.63, 3.8) is 0 Å². The molecule has 156 valence electrons. The summed E-state index contributed by atoms with van der Waals surface area (Å²) < 4.78 is 5.97. The van der Waals surface area contributed by atoms with Crippen LogP contribution in [0.1, 0.15) is 36.0 Å². The number of nitrogens with zero attached hydrogens (tertiary/aromatic N) is 1. The highest BCUT2D eigenvalue weighted by atomic mass is 32.1. The zero-order chi connectivity index (χ0) is 21.5. The minimum Gasteiger partial charge on any atom is -0.485 e. The van der Waals surface area contributed by atoms with Gasteiger partial charge in [0.25, 0.3) is 0 Å². The molecule has 0 aliphatic heterocycles. The molecule has 0 aliphatic rings. The summed E-state index contributed by atoms with van der Waals surface area (Å²) in [5.74, 6) is 0.654. The van der Waals surface area contributed by atoms with Crippen LogP contribution >= 0.6 is 11.3 Å². The van der Waals surface area contributed by atoms with Crippen LogP contribution in [0, 0.1) is 0 Å². The number of hydrogen-bond acceptors (Lipinski definition) is 4. The van der Waals surface area contributed by atoms with Crippen molar-refractivity contribution in [1.29, 1.82) is 0 Å². The van der Waals surface area contributed by atoms with Crippen molar-refractivity contribution >= 4 is 11.3 Å². The number of benzene rings is 2. The second kappa shape index (κ2) is 10.2. The SMILES string of the molecule is CCC(Cc1ccccc1)c1ccc(OCc2ccccc2)c(=O)c(-c2cscn2)c1. The molecule has 1 atom stereocenters. The van der Waals surface area contributed by atoms with Gasteiger partial charge in [0, 0.05) is 5.38 Å². The van der Waals surface area contributed by atoms with Crippen molar-refractivity contribution in [2.24, 2.45) is 0 Å². The van der Waals surface area contributed by atoms with Gasteiger partial charge in [0.05, 0.1) is 16.8 Å². The van der Waals surface area contributed by atoms with Crippen LogP contribution in [0.3, 0.4) is 0 Å². The van der Waals surface area contributed by atoms with Crippen LogP contribution in [0.2, 0.25) is 0 Å². The van der Waals surface area contributed by atoms with Gasteiger partial charge in [-0.2, -0.15) is 0 Å². The fourth-order valence-corrected chi connectivity index (χ4v) is 4.25. The van der Waals surface area contributed by atoms with E-state index in [4.69, 9.17) is 4.74 Å². The molecule has 0 fully saturated rings. The standard InChI is InChI=1S/C27H25NO2S/c1-2-22(15-20-9-5-3-6-10-20)23-13-14-26(30-17-21-11-7-4-8-12-21)27(29)24(16-23)25-18-31-19-28-25/h3-14,16,18-19,22H,2,15,17H2,1H3. The first-order valence-electron chi connectivity index (χ1n) is 10.5. The monoisotopic (exact) mass is 427 g/mol. The lowest BCUT2D eigenvalue weighted by atomic mass is 9.90. The number of rotatable bonds is 8. The van der Waals surface area contributed by atoms with E-state index in [1.807, 2.05) is 60.0 Å². The molecule has 31 heavy (non-hydrogen) atoms. The van der Waals surface area contributed by atoms with E-state index in [9.17, 15) is 4.79 Å². The van der Waals surface area contributed by atoms with Crippen LogP contribution in [0.15, 0.2) is 94.5 Å². The van der Waals surface area contributed by atoms with Crippen molar-refractivity contribution in [3.8, 4) is 17.0 Å². The molecule has 3 aromatic carbocycles. The molecule has 0 amide bonds. The van der Waals surface area contributed by atoms with Gasteiger partial charge in [0.2, 0.25) is 5.43 Å². The summed E-state index contributed by atoms with van der Waals surface area (Å²) >= 11 is 1.49. The van der Waals surface area contributed by atoms with Gasteiger partial charge in [0.15, 0.2) is 5.75 Å². The normalized spacial score (nSPS) is 11.8. The van der Waals surface area contributed by atoms with Gasteiger partial charge < -0.3 is 4.74 Å². The highest BCUT2D eigenvalue weighted by Gasteiger charge is 2.16. The lowest BCUT2D eigenvalue weighted by molar-refractivity contribution is 0.304. The topological polar surface area (TPSA) is 39.2 Å². The molecule has 1 heterocycles. The Morgan fingerprint density at radius 3 is 2.29 bits per heavy atom. The maximum atomic E-state index is 13.3. The molecule has 0 saturated heterocycles. The summed E-state index contributed by atoms with van der Waals surface area (Å²) in [7, 11) is 0. The van der Waals surface area contributed by atoms with Crippen LogP contribution in [-0.4, -0.2) is 4.98 Å². The van der Waals surface area contributed by atoms with Crippen molar-refractivity contribution in [1.82, 2.24) is 4.98 Å². The maximum Gasteiger partial charge on any atom is 0.229 e. The van der Waals surface area contributed by atoms with Gasteiger partial charge in [-0.15, -0.1) is 11.3 Å². The summed E-state index contributed by atoms with van der Waals surface area (Å²) in [6.45, 7) is 2.54. The molecule has 4 rings (SSSR count). The van der Waals surface area contributed by atoms with Crippen molar-refractivity contribution in [2.45, 2.75) is 32.3 Å². The van der Waals surface area contributed by atoms with Crippen molar-refractivity contribution < 1.29 is 4.74 Å². The summed E-state index contributed by atoms with van der Waals surface area (Å²) in [5.41, 5.74) is 6.37. The zero-order valence-electron chi connectivity index (χ0n) is 17.5. The van der Waals surface area contributed by atoms with Gasteiger partial charge in [0.1, 0.15) is 6.61 Å². The molecule has 0 spiro atoms. The van der Waals surface area contributed by atoms with E-state index < -0.39 is 0 Å². The quantitative estimate of drug-likeness (QED) is 0.323. The second-order valence-corrected chi connectivity index (χ2v) is 8.25. The number of aromatic nitrogens is 1. The largest absolute Gasteiger partial charge is 0.485 e. The fourth-order valence-electron chi connectivity index (χ4n) is 3.70. The lowest BCUT2D eigenvalue weighted by Gasteiger charge is -2.15. The smallest absolute Gasteiger partial charge is 0.229 e. The van der Waals surface area contributed by atoms with Gasteiger partial charge in [-0.3, -0.25) is 4.79 Å². The van der Waals surface area contributed by atoms with Gasteiger partial charge >= 0.3 is 0 Å². The molecule has 0 aliphatic carbocycles. The third-order valence-electron chi connectivity index (χ3n) is 5.44. The molecular formula is C27H25NO2S. The fraction of sp³-hybridized carbons (Fsp3) is 0.185. The highest BCUT2D eigenvalue weighted by Crippen LogP contribution is 2.28. The van der Waals surface area contributed by atoms with E-state index in [1.54, 1.807) is 5.51 Å². The Bertz CT molecular complexity index is 1160. The molecule has 0 radical (unpaired) electrons. The minimum absolute atomic E-state index is 0.123. The van der Waals surface area contributed by atoms with Gasteiger partial charge in [-0.05, 0) is 47.6 Å². The maximum absolute atomic E-state index is 13.3. The molecule has 0 N–H and O–H groups in total. The third-order valence-corrected chi connectivity index (χ3v) is 6.03. The molecule has 1 aromatic heterocycles. The van der Waals surface area contributed by atoms with Crippen LogP contribution in [0.5, 0.6) is 5.75 Å². The van der Waals surface area contributed by atoms with E-state index in [-0.39, 0.29) is 5.43 Å². The van der Waals surface area contributed by atoms with E-state index in [0.29, 0.717) is 29.5 Å². The van der Waals surface area contributed by atoms with Gasteiger partial charge in [-0.25, -0.2) is 4.98 Å². The number of ether oxygens (including phenoxy) is 1. The van der Waals surface area contributed by atoms with Crippen LogP contribution in [0.4, 0.5) is 0 Å². The molecule has 4 heteroatoms. The summed E-state index contributed by atoms with van der Waals surface area (Å²) in [6, 6.07) is 26.2. The van der Waals surface area contributed by atoms with E-state index >= 15 is 0 Å². The molecule has 0 bridgehead atoms. The lowest BCUT2D eigenvalue weighted by Crippen LogP contribution is -2.08. The van der Waals surface area contributed by atoms with E-state index in [0.717, 1.165) is 24.0 Å². The first-order valence-corrected chi connectivity index (χ1v) is 11.5. The molecule has 4 aromatic rings. The minimum atomic E-state index is -0.123. The number of thiazole rings is 1. The Labute approximate surface area is 187 Å². The average Bonchev–Trinajstić information content (AvgIpc) is 3.30. The third kappa shape index (κ3) is 5.28. The van der Waals surface area contributed by atoms with Crippen molar-refractivity contribution in [3.05, 3.63) is 117 Å². The van der Waals surface area contributed by atoms with Gasteiger partial charge in [-0.1, -0.05) is 73.7 Å². The van der Waals surface area contributed by atoms with Crippen LogP contribution in [-0.2, 0) is 13.0 Å². The zero-order valence-corrected chi connectivity index (χ0v) is 18.3. The van der Waals surface area contributed by atoms with E-state index in [2.05, 4.69) is 36.2 Å². The predicted molar refractivity (Wildman–Crippen MR) is 128 cm³/mol. The molecule has 1 unspecified atom stereocenters. The van der Waals surface area contributed by atoms with Crippen LogP contribution < -0.4 is 10.2 Å². The van der Waals surface area contributed by atoms with Crippen molar-refractivity contribution in [2.75, 3.05) is 0 Å². The average molecular weight is 428 g/mol.